The number of ether oxygens (including phenoxy) is 2. The van der Waals surface area contributed by atoms with E-state index >= 15 is 0 Å². The standard InChI is InChI=1S/C86H168NO8P/c1-6-8-10-12-14-16-18-20-22-24-26-28-30-32-34-36-38-40-42-43-45-47-49-51-53-55-57-59-61-63-65-67-69-71-73-75-77-79-86(89)95-84(83-94-96(90,91)93-81-80-87(3,4)5)82-92-85(88)78-76-74-72-70-68-66-64-62-60-58-56-54-52-50-48-46-44-41-39-37-35-33-31-29-27-25-23-21-19-17-15-13-11-9-7-2/h24-27,84H,6-23,28-83H2,1-5H3/p+1/b26-24-,27-25-. The van der Waals surface area contributed by atoms with E-state index in [-0.39, 0.29) is 25.6 Å². The van der Waals surface area contributed by atoms with Gasteiger partial charge in [-0.25, -0.2) is 4.57 Å². The van der Waals surface area contributed by atoms with Gasteiger partial charge >= 0.3 is 19.8 Å². The minimum Gasteiger partial charge on any atom is -0.462 e. The van der Waals surface area contributed by atoms with Crippen molar-refractivity contribution < 1.29 is 42.1 Å². The number of carbonyl (C=O) groups excluding carboxylic acids is 2. The Hall–Kier alpha value is -1.51. The van der Waals surface area contributed by atoms with Gasteiger partial charge in [-0.2, -0.15) is 0 Å². The number of esters is 2. The minimum atomic E-state index is -4.39. The maximum atomic E-state index is 12.9. The van der Waals surface area contributed by atoms with Crippen LogP contribution in [-0.4, -0.2) is 74.9 Å². The SMILES string of the molecule is CCCCCCCCCC/C=C\CCCCCCCCCCCCCCCCCCCCCCCCCCCC(=O)OC(COC(=O)CCCCCCCCCCCCCCCCCCCCCCCCC/C=C\CCCCCCCCCC)COP(=O)(O)OCC[N+](C)(C)C. The average molecular weight is 1380 g/mol. The molecule has 0 saturated heterocycles. The summed E-state index contributed by atoms with van der Waals surface area (Å²) in [7, 11) is 1.51. The lowest BCUT2D eigenvalue weighted by atomic mass is 10.0. The van der Waals surface area contributed by atoms with Crippen molar-refractivity contribution in [3.8, 4) is 0 Å². The van der Waals surface area contributed by atoms with E-state index in [1.165, 1.54) is 398 Å². The highest BCUT2D eigenvalue weighted by Gasteiger charge is 2.27. The number of quaternary nitrogens is 1. The third-order valence-electron chi connectivity index (χ3n) is 20.0. The van der Waals surface area contributed by atoms with E-state index in [1.807, 2.05) is 21.1 Å². The van der Waals surface area contributed by atoms with Gasteiger partial charge in [0.25, 0.3) is 0 Å². The van der Waals surface area contributed by atoms with E-state index in [9.17, 15) is 19.0 Å². The van der Waals surface area contributed by atoms with Gasteiger partial charge in [0.2, 0.25) is 0 Å². The lowest BCUT2D eigenvalue weighted by Crippen LogP contribution is -2.37. The van der Waals surface area contributed by atoms with Crippen LogP contribution in [0.2, 0.25) is 0 Å². The van der Waals surface area contributed by atoms with Gasteiger partial charge in [0.1, 0.15) is 19.8 Å². The van der Waals surface area contributed by atoms with Crippen LogP contribution in [0.15, 0.2) is 24.3 Å². The molecule has 0 aliphatic heterocycles. The number of phosphoric acid groups is 1. The van der Waals surface area contributed by atoms with Gasteiger partial charge in [-0.05, 0) is 64.2 Å². The molecule has 0 saturated carbocycles. The van der Waals surface area contributed by atoms with E-state index in [0.717, 1.165) is 38.5 Å². The first kappa shape index (κ1) is 94.5. The predicted molar refractivity (Wildman–Crippen MR) is 418 cm³/mol. The van der Waals surface area contributed by atoms with Crippen LogP contribution in [0.5, 0.6) is 0 Å². The normalized spacial score (nSPS) is 13.0. The zero-order chi connectivity index (χ0) is 69.7. The third-order valence-corrected chi connectivity index (χ3v) is 20.9. The smallest absolute Gasteiger partial charge is 0.462 e. The summed E-state index contributed by atoms with van der Waals surface area (Å²) in [5.41, 5.74) is 0. The van der Waals surface area contributed by atoms with Gasteiger partial charge in [-0.3, -0.25) is 18.6 Å². The van der Waals surface area contributed by atoms with Crippen molar-refractivity contribution in [3.63, 3.8) is 0 Å². The lowest BCUT2D eigenvalue weighted by molar-refractivity contribution is -0.870. The van der Waals surface area contributed by atoms with Crippen LogP contribution < -0.4 is 0 Å². The lowest BCUT2D eigenvalue weighted by Gasteiger charge is -2.24. The molecule has 0 fully saturated rings. The number of unbranched alkanes of at least 4 members (excludes halogenated alkanes) is 64. The van der Waals surface area contributed by atoms with E-state index in [1.54, 1.807) is 0 Å². The molecule has 9 nitrogen and oxygen atoms in total. The van der Waals surface area contributed by atoms with Crippen molar-refractivity contribution in [1.29, 1.82) is 0 Å². The second-order valence-electron chi connectivity index (χ2n) is 30.9. The molecule has 0 aromatic heterocycles. The third kappa shape index (κ3) is 81.5. The van der Waals surface area contributed by atoms with Crippen molar-refractivity contribution in [2.24, 2.45) is 0 Å². The topological polar surface area (TPSA) is 108 Å². The predicted octanol–water partition coefficient (Wildman–Crippen LogP) is 28.7. The Morgan fingerprint density at radius 3 is 0.771 bits per heavy atom. The number of likely N-dealkylation sites (N-methyl/N-ethyl adjacent to an activating group) is 1. The summed E-state index contributed by atoms with van der Waals surface area (Å²) < 4.78 is 34.9. The summed E-state index contributed by atoms with van der Waals surface area (Å²) in [6, 6.07) is 0. The summed E-state index contributed by atoms with van der Waals surface area (Å²) in [6.45, 7) is 4.53. The average Bonchev–Trinajstić information content (AvgIpc) is 2.72. The highest BCUT2D eigenvalue weighted by atomic mass is 31.2. The second kappa shape index (κ2) is 77.6. The van der Waals surface area contributed by atoms with E-state index in [4.69, 9.17) is 18.5 Å². The van der Waals surface area contributed by atoms with Crippen LogP contribution in [-0.2, 0) is 32.7 Å². The van der Waals surface area contributed by atoms with E-state index in [2.05, 4.69) is 38.2 Å². The Bertz CT molecular complexity index is 1660. The molecule has 570 valence electrons. The maximum absolute atomic E-state index is 12.9. The van der Waals surface area contributed by atoms with Crippen molar-refractivity contribution in [3.05, 3.63) is 24.3 Å². The van der Waals surface area contributed by atoms with Crippen LogP contribution in [0, 0.1) is 0 Å². The van der Waals surface area contributed by atoms with Crippen LogP contribution in [0.4, 0.5) is 0 Å². The number of hydrogen-bond acceptors (Lipinski definition) is 7. The van der Waals surface area contributed by atoms with Gasteiger partial charge in [0.15, 0.2) is 6.10 Å². The van der Waals surface area contributed by atoms with Gasteiger partial charge in [0.05, 0.1) is 27.7 Å². The Balaban J connectivity index is 3.86. The molecular formula is C86H169NO8P+. The molecule has 0 spiro atoms. The fourth-order valence-corrected chi connectivity index (χ4v) is 14.1. The number of phosphoric ester groups is 1. The van der Waals surface area contributed by atoms with Crippen LogP contribution in [0.25, 0.3) is 0 Å². The Kier molecular flexibility index (Phi) is 76.4. The number of nitrogens with zero attached hydrogens (tertiary/aromatic N) is 1. The number of allylic oxidation sites excluding steroid dienone is 4. The first-order valence-corrected chi connectivity index (χ1v) is 44.6. The molecule has 10 heteroatoms. The largest absolute Gasteiger partial charge is 0.472 e. The van der Waals surface area contributed by atoms with Crippen molar-refractivity contribution in [2.45, 2.75) is 469 Å². The molecule has 0 aliphatic rings. The van der Waals surface area contributed by atoms with Crippen molar-refractivity contribution in [2.75, 3.05) is 47.5 Å². The first-order valence-electron chi connectivity index (χ1n) is 43.1. The highest BCUT2D eigenvalue weighted by Crippen LogP contribution is 2.43. The van der Waals surface area contributed by atoms with Gasteiger partial charge in [-0.1, -0.05) is 411 Å². The molecule has 96 heavy (non-hydrogen) atoms. The quantitative estimate of drug-likeness (QED) is 0.0211. The molecule has 0 radical (unpaired) electrons. The van der Waals surface area contributed by atoms with Crippen LogP contribution in [0.3, 0.4) is 0 Å². The first-order chi connectivity index (χ1) is 47.0. The van der Waals surface area contributed by atoms with Gasteiger partial charge in [-0.15, -0.1) is 0 Å². The van der Waals surface area contributed by atoms with E-state index < -0.39 is 26.5 Å². The number of rotatable bonds is 82. The monoisotopic (exact) mass is 1380 g/mol. The molecule has 0 aliphatic carbocycles. The maximum Gasteiger partial charge on any atom is 0.472 e. The van der Waals surface area contributed by atoms with E-state index in [0.29, 0.717) is 17.4 Å². The van der Waals surface area contributed by atoms with Gasteiger partial charge in [0, 0.05) is 12.8 Å². The molecule has 0 heterocycles. The zero-order valence-electron chi connectivity index (χ0n) is 65.4. The summed E-state index contributed by atoms with van der Waals surface area (Å²) in [5, 5.41) is 0. The fourth-order valence-electron chi connectivity index (χ4n) is 13.4. The van der Waals surface area contributed by atoms with Crippen molar-refractivity contribution in [1.82, 2.24) is 0 Å². The van der Waals surface area contributed by atoms with Gasteiger partial charge < -0.3 is 18.9 Å². The fraction of sp³-hybridized carbons (Fsp3) is 0.930. The molecule has 0 bridgehead atoms. The van der Waals surface area contributed by atoms with Crippen molar-refractivity contribution >= 4 is 19.8 Å². The molecule has 2 unspecified atom stereocenters. The molecular weight excluding hydrogens is 1210 g/mol. The number of hydrogen-bond donors (Lipinski definition) is 1. The summed E-state index contributed by atoms with van der Waals surface area (Å²) in [4.78, 5) is 36.0. The Morgan fingerprint density at radius 2 is 0.531 bits per heavy atom. The molecule has 0 aromatic carbocycles. The number of carbonyl (C=O) groups is 2. The van der Waals surface area contributed by atoms with Crippen LogP contribution in [0.1, 0.15) is 463 Å². The molecule has 0 amide bonds. The molecule has 1 N–H and O–H groups in total. The summed E-state index contributed by atoms with van der Waals surface area (Å²) >= 11 is 0. The molecule has 0 rings (SSSR count). The van der Waals surface area contributed by atoms with Crippen LogP contribution >= 0.6 is 7.82 Å². The molecule has 2 atom stereocenters. The summed E-state index contributed by atoms with van der Waals surface area (Å²) in [6.07, 6.45) is 101. The Labute approximate surface area is 599 Å². The zero-order valence-corrected chi connectivity index (χ0v) is 66.3. The minimum absolute atomic E-state index is 0.0364. The summed E-state index contributed by atoms with van der Waals surface area (Å²) in [5.74, 6) is -0.767. The Morgan fingerprint density at radius 1 is 0.312 bits per heavy atom. The molecule has 0 aromatic rings. The highest BCUT2D eigenvalue weighted by molar-refractivity contribution is 7.47. The second-order valence-corrected chi connectivity index (χ2v) is 32.4.